The van der Waals surface area contributed by atoms with Crippen LogP contribution in [0.2, 0.25) is 0 Å². The first-order valence-electron chi connectivity index (χ1n) is 6.04. The highest BCUT2D eigenvalue weighted by Gasteiger charge is 2.21. The third-order valence-corrected chi connectivity index (χ3v) is 4.22. The predicted molar refractivity (Wildman–Crippen MR) is 69.9 cm³/mol. The molecule has 1 aliphatic heterocycles. The maximum atomic E-state index is 12.0. The smallest absolute Gasteiger partial charge is 0.186 e. The van der Waals surface area contributed by atoms with Gasteiger partial charge in [-0.1, -0.05) is 0 Å². The largest absolute Gasteiger partial charge is 0.380 e. The number of aryl methyl sites for hydroxylation is 1. The standard InChI is InChI=1S/C13H19NO2S/c1-10-5-6-13(17-10)12(15)9-14-7-3-4-11(8-14)16-2/h5-6,11H,3-4,7-9H2,1-2H3. The van der Waals surface area contributed by atoms with E-state index in [1.807, 2.05) is 19.1 Å². The van der Waals surface area contributed by atoms with Crippen molar-refractivity contribution in [1.82, 2.24) is 4.90 Å². The second-order valence-electron chi connectivity index (χ2n) is 4.57. The van der Waals surface area contributed by atoms with E-state index in [-0.39, 0.29) is 5.78 Å². The Bertz CT molecular complexity index is 389. The molecule has 17 heavy (non-hydrogen) atoms. The Morgan fingerprint density at radius 3 is 3.06 bits per heavy atom. The molecule has 1 atom stereocenters. The number of likely N-dealkylation sites (tertiary alicyclic amines) is 1. The summed E-state index contributed by atoms with van der Waals surface area (Å²) in [6.45, 7) is 4.45. The number of thiophene rings is 1. The number of ketones is 1. The summed E-state index contributed by atoms with van der Waals surface area (Å²) < 4.78 is 5.36. The zero-order valence-electron chi connectivity index (χ0n) is 10.4. The molecule has 0 aliphatic carbocycles. The highest BCUT2D eigenvalue weighted by Crippen LogP contribution is 2.18. The number of Topliss-reactive ketones (excluding diaryl/α,β-unsaturated/α-hetero) is 1. The molecule has 1 unspecified atom stereocenters. The van der Waals surface area contributed by atoms with Crippen LogP contribution in [-0.4, -0.2) is 43.5 Å². The summed E-state index contributed by atoms with van der Waals surface area (Å²) in [7, 11) is 1.75. The van der Waals surface area contributed by atoms with Gasteiger partial charge in [0, 0.05) is 18.5 Å². The molecule has 0 saturated carbocycles. The van der Waals surface area contributed by atoms with Crippen molar-refractivity contribution in [1.29, 1.82) is 0 Å². The number of hydrogen-bond donors (Lipinski definition) is 0. The fourth-order valence-electron chi connectivity index (χ4n) is 2.21. The van der Waals surface area contributed by atoms with Crippen molar-refractivity contribution in [2.75, 3.05) is 26.7 Å². The number of piperidine rings is 1. The van der Waals surface area contributed by atoms with Gasteiger partial charge in [0.15, 0.2) is 5.78 Å². The molecule has 0 aromatic carbocycles. The Morgan fingerprint density at radius 1 is 1.59 bits per heavy atom. The molecule has 2 rings (SSSR count). The van der Waals surface area contributed by atoms with E-state index in [4.69, 9.17) is 4.74 Å². The molecule has 0 spiro atoms. The number of rotatable bonds is 4. The summed E-state index contributed by atoms with van der Waals surface area (Å²) in [6, 6.07) is 3.94. The van der Waals surface area contributed by atoms with Gasteiger partial charge in [-0.25, -0.2) is 0 Å². The van der Waals surface area contributed by atoms with Crippen LogP contribution < -0.4 is 0 Å². The second-order valence-corrected chi connectivity index (χ2v) is 5.86. The normalized spacial score (nSPS) is 21.6. The van der Waals surface area contributed by atoms with Gasteiger partial charge in [0.1, 0.15) is 0 Å². The van der Waals surface area contributed by atoms with Gasteiger partial charge in [-0.3, -0.25) is 9.69 Å². The summed E-state index contributed by atoms with van der Waals surface area (Å²) in [6.07, 6.45) is 2.52. The van der Waals surface area contributed by atoms with Crippen molar-refractivity contribution >= 4 is 17.1 Å². The van der Waals surface area contributed by atoms with Gasteiger partial charge in [0.2, 0.25) is 0 Å². The zero-order chi connectivity index (χ0) is 12.3. The average Bonchev–Trinajstić information content (AvgIpc) is 2.76. The lowest BCUT2D eigenvalue weighted by Crippen LogP contribution is -2.41. The number of nitrogens with zero attached hydrogens (tertiary/aromatic N) is 1. The quantitative estimate of drug-likeness (QED) is 0.771. The molecule has 0 N–H and O–H groups in total. The van der Waals surface area contributed by atoms with E-state index in [1.165, 1.54) is 4.88 Å². The third kappa shape index (κ3) is 3.37. The summed E-state index contributed by atoms with van der Waals surface area (Å²) in [4.78, 5) is 16.3. The van der Waals surface area contributed by atoms with Crippen LogP contribution in [0.15, 0.2) is 12.1 Å². The van der Waals surface area contributed by atoms with Gasteiger partial charge in [0.05, 0.1) is 17.5 Å². The van der Waals surface area contributed by atoms with E-state index >= 15 is 0 Å². The van der Waals surface area contributed by atoms with Crippen molar-refractivity contribution in [3.63, 3.8) is 0 Å². The van der Waals surface area contributed by atoms with Crippen molar-refractivity contribution in [3.8, 4) is 0 Å². The van der Waals surface area contributed by atoms with Gasteiger partial charge in [-0.05, 0) is 38.4 Å². The fourth-order valence-corrected chi connectivity index (χ4v) is 3.01. The van der Waals surface area contributed by atoms with Crippen LogP contribution in [-0.2, 0) is 4.74 Å². The summed E-state index contributed by atoms with van der Waals surface area (Å²) in [5, 5.41) is 0. The zero-order valence-corrected chi connectivity index (χ0v) is 11.3. The monoisotopic (exact) mass is 253 g/mol. The first-order valence-corrected chi connectivity index (χ1v) is 6.85. The van der Waals surface area contributed by atoms with E-state index in [2.05, 4.69) is 4.90 Å². The topological polar surface area (TPSA) is 29.5 Å². The van der Waals surface area contributed by atoms with Crippen LogP contribution in [0.25, 0.3) is 0 Å². The van der Waals surface area contributed by atoms with E-state index in [9.17, 15) is 4.79 Å². The Kier molecular flexibility index (Phi) is 4.31. The predicted octanol–water partition coefficient (Wildman–Crippen LogP) is 2.35. The average molecular weight is 253 g/mol. The lowest BCUT2D eigenvalue weighted by molar-refractivity contribution is 0.0315. The Balaban J connectivity index is 1.90. The molecule has 1 fully saturated rings. The van der Waals surface area contributed by atoms with Crippen molar-refractivity contribution in [2.45, 2.75) is 25.9 Å². The summed E-state index contributed by atoms with van der Waals surface area (Å²) in [5.74, 6) is 0.236. The van der Waals surface area contributed by atoms with Crippen LogP contribution >= 0.6 is 11.3 Å². The molecular weight excluding hydrogens is 234 g/mol. The first-order chi connectivity index (χ1) is 8.19. The van der Waals surface area contributed by atoms with Crippen LogP contribution in [0.5, 0.6) is 0 Å². The number of methoxy groups -OCH3 is 1. The molecule has 0 radical (unpaired) electrons. The molecule has 1 aliphatic rings. The minimum atomic E-state index is 0.236. The van der Waals surface area contributed by atoms with Crippen LogP contribution in [0, 0.1) is 6.92 Å². The number of carbonyl (C=O) groups excluding carboxylic acids is 1. The van der Waals surface area contributed by atoms with E-state index in [1.54, 1.807) is 18.4 Å². The molecule has 1 aromatic heterocycles. The number of carbonyl (C=O) groups is 1. The van der Waals surface area contributed by atoms with Gasteiger partial charge in [-0.2, -0.15) is 0 Å². The number of ether oxygens (including phenoxy) is 1. The second kappa shape index (κ2) is 5.76. The molecule has 1 aromatic rings. The Hall–Kier alpha value is -0.710. The SMILES string of the molecule is COC1CCCN(CC(=O)c2ccc(C)s2)C1. The van der Waals surface area contributed by atoms with E-state index in [0.717, 1.165) is 30.8 Å². The number of hydrogen-bond acceptors (Lipinski definition) is 4. The van der Waals surface area contributed by atoms with Gasteiger partial charge < -0.3 is 4.74 Å². The lowest BCUT2D eigenvalue weighted by atomic mass is 10.1. The highest BCUT2D eigenvalue weighted by atomic mass is 32.1. The summed E-state index contributed by atoms with van der Waals surface area (Å²) in [5.41, 5.74) is 0. The molecular formula is C13H19NO2S. The summed E-state index contributed by atoms with van der Waals surface area (Å²) >= 11 is 1.58. The maximum Gasteiger partial charge on any atom is 0.186 e. The minimum absolute atomic E-state index is 0.236. The molecule has 0 amide bonds. The van der Waals surface area contributed by atoms with Crippen molar-refractivity contribution in [3.05, 3.63) is 21.9 Å². The van der Waals surface area contributed by atoms with Crippen LogP contribution in [0.3, 0.4) is 0 Å². The Labute approximate surface area is 106 Å². The highest BCUT2D eigenvalue weighted by molar-refractivity contribution is 7.14. The van der Waals surface area contributed by atoms with E-state index < -0.39 is 0 Å². The third-order valence-electron chi connectivity index (χ3n) is 3.18. The molecule has 1 saturated heterocycles. The van der Waals surface area contributed by atoms with Crippen molar-refractivity contribution < 1.29 is 9.53 Å². The molecule has 3 nitrogen and oxygen atoms in total. The fraction of sp³-hybridized carbons (Fsp3) is 0.615. The minimum Gasteiger partial charge on any atom is -0.380 e. The van der Waals surface area contributed by atoms with Gasteiger partial charge in [-0.15, -0.1) is 11.3 Å². The lowest BCUT2D eigenvalue weighted by Gasteiger charge is -2.31. The first kappa shape index (κ1) is 12.7. The van der Waals surface area contributed by atoms with Crippen molar-refractivity contribution in [2.24, 2.45) is 0 Å². The Morgan fingerprint density at radius 2 is 2.41 bits per heavy atom. The molecule has 0 bridgehead atoms. The van der Waals surface area contributed by atoms with Crippen LogP contribution in [0.1, 0.15) is 27.4 Å². The van der Waals surface area contributed by atoms with Gasteiger partial charge >= 0.3 is 0 Å². The molecule has 94 valence electrons. The van der Waals surface area contributed by atoms with Gasteiger partial charge in [0.25, 0.3) is 0 Å². The van der Waals surface area contributed by atoms with E-state index in [0.29, 0.717) is 12.6 Å². The van der Waals surface area contributed by atoms with Crippen LogP contribution in [0.4, 0.5) is 0 Å². The maximum absolute atomic E-state index is 12.0. The molecule has 4 heteroatoms. The molecule has 2 heterocycles.